The van der Waals surface area contributed by atoms with Gasteiger partial charge in [0.05, 0.1) is 25.0 Å². The van der Waals surface area contributed by atoms with E-state index < -0.39 is 0 Å². The molecule has 0 aromatic rings. The van der Waals surface area contributed by atoms with Crippen molar-refractivity contribution >= 4 is 11.9 Å². The highest BCUT2D eigenvalue weighted by Crippen LogP contribution is 2.27. The molecule has 2 unspecified atom stereocenters. The lowest BCUT2D eigenvalue weighted by atomic mass is 9.90. The van der Waals surface area contributed by atoms with Crippen molar-refractivity contribution in [1.29, 1.82) is 0 Å². The Morgan fingerprint density at radius 3 is 1.64 bits per heavy atom. The van der Waals surface area contributed by atoms with E-state index in [-0.39, 0.29) is 42.4 Å². The number of esters is 2. The molecule has 0 saturated carbocycles. The monoisotopic (exact) mass is 348 g/mol. The van der Waals surface area contributed by atoms with E-state index in [0.717, 1.165) is 38.5 Å². The van der Waals surface area contributed by atoms with Gasteiger partial charge in [0, 0.05) is 5.41 Å². The summed E-state index contributed by atoms with van der Waals surface area (Å²) in [5, 5.41) is 0. The van der Waals surface area contributed by atoms with Gasteiger partial charge in [-0.1, -0.05) is 37.1 Å². The van der Waals surface area contributed by atoms with Gasteiger partial charge < -0.3 is 9.47 Å². The molecule has 0 bridgehead atoms. The second kappa shape index (κ2) is 8.68. The number of rotatable bonds is 6. The van der Waals surface area contributed by atoms with Crippen LogP contribution in [0.3, 0.4) is 0 Å². The van der Waals surface area contributed by atoms with Crippen LogP contribution in [0.2, 0.25) is 0 Å². The molecular weight excluding hydrogens is 316 g/mol. The highest BCUT2D eigenvalue weighted by Gasteiger charge is 2.28. The second-order valence-corrected chi connectivity index (χ2v) is 8.42. The fraction of sp³-hybridized carbons (Fsp3) is 0.714. The summed E-state index contributed by atoms with van der Waals surface area (Å²) in [6.07, 6.45) is 9.47. The van der Waals surface area contributed by atoms with Crippen molar-refractivity contribution in [2.24, 2.45) is 17.3 Å². The Bertz CT molecular complexity index is 508. The van der Waals surface area contributed by atoms with Gasteiger partial charge in [0.15, 0.2) is 0 Å². The molecule has 2 aliphatic rings. The first-order chi connectivity index (χ1) is 11.8. The van der Waals surface area contributed by atoms with Crippen molar-refractivity contribution in [2.75, 3.05) is 13.2 Å². The molecule has 0 aliphatic heterocycles. The third-order valence-corrected chi connectivity index (χ3v) is 5.15. The standard InChI is InChI=1S/C21H32O4/c1-15-5-9-17(10-6-15)19(22)24-13-21(3,4)14-25-20(23)18-11-7-16(2)8-12-18/h5,7,17-18H,6,8-14H2,1-4H3. The average Bonchev–Trinajstić information content (AvgIpc) is 2.59. The molecule has 4 nitrogen and oxygen atoms in total. The van der Waals surface area contributed by atoms with Crippen LogP contribution < -0.4 is 0 Å². The number of ether oxygens (including phenoxy) is 2. The van der Waals surface area contributed by atoms with E-state index in [9.17, 15) is 9.59 Å². The van der Waals surface area contributed by atoms with Crippen LogP contribution in [0.1, 0.15) is 66.2 Å². The van der Waals surface area contributed by atoms with Crippen molar-refractivity contribution in [3.05, 3.63) is 23.3 Å². The van der Waals surface area contributed by atoms with E-state index in [1.165, 1.54) is 11.1 Å². The lowest BCUT2D eigenvalue weighted by Crippen LogP contribution is -2.32. The van der Waals surface area contributed by atoms with E-state index in [4.69, 9.17) is 9.47 Å². The Morgan fingerprint density at radius 2 is 1.32 bits per heavy atom. The lowest BCUT2D eigenvalue weighted by Gasteiger charge is -2.27. The van der Waals surface area contributed by atoms with Crippen LogP contribution in [0.5, 0.6) is 0 Å². The number of allylic oxidation sites excluding steroid dienone is 4. The van der Waals surface area contributed by atoms with Crippen LogP contribution >= 0.6 is 0 Å². The quantitative estimate of drug-likeness (QED) is 0.520. The van der Waals surface area contributed by atoms with E-state index in [2.05, 4.69) is 26.0 Å². The molecule has 25 heavy (non-hydrogen) atoms. The first-order valence-corrected chi connectivity index (χ1v) is 9.41. The van der Waals surface area contributed by atoms with E-state index >= 15 is 0 Å². The second-order valence-electron chi connectivity index (χ2n) is 8.42. The molecule has 0 fully saturated rings. The van der Waals surface area contributed by atoms with Crippen LogP contribution in [-0.4, -0.2) is 25.2 Å². The summed E-state index contributed by atoms with van der Waals surface area (Å²) >= 11 is 0. The highest BCUT2D eigenvalue weighted by atomic mass is 16.5. The third-order valence-electron chi connectivity index (χ3n) is 5.15. The number of carbonyl (C=O) groups is 2. The Labute approximate surface area is 151 Å². The van der Waals surface area contributed by atoms with Crippen LogP contribution in [0.4, 0.5) is 0 Å². The first-order valence-electron chi connectivity index (χ1n) is 9.41. The van der Waals surface area contributed by atoms with Crippen molar-refractivity contribution in [1.82, 2.24) is 0 Å². The van der Waals surface area contributed by atoms with Gasteiger partial charge in [0.25, 0.3) is 0 Å². The molecule has 0 aromatic heterocycles. The van der Waals surface area contributed by atoms with Crippen LogP contribution in [-0.2, 0) is 19.1 Å². The van der Waals surface area contributed by atoms with E-state index in [0.29, 0.717) is 0 Å². The highest BCUT2D eigenvalue weighted by molar-refractivity contribution is 5.73. The number of carbonyl (C=O) groups excluding carboxylic acids is 2. The zero-order chi connectivity index (χ0) is 18.4. The number of hydrogen-bond donors (Lipinski definition) is 0. The summed E-state index contributed by atoms with van der Waals surface area (Å²) in [4.78, 5) is 24.4. The maximum absolute atomic E-state index is 12.2. The van der Waals surface area contributed by atoms with Crippen LogP contribution in [0.25, 0.3) is 0 Å². The summed E-state index contributed by atoms with van der Waals surface area (Å²) in [6.45, 7) is 8.68. The molecular formula is C21H32O4. The predicted molar refractivity (Wildman–Crippen MR) is 97.9 cm³/mol. The molecule has 2 atom stereocenters. The molecule has 2 aliphatic carbocycles. The molecule has 4 heteroatoms. The van der Waals surface area contributed by atoms with Gasteiger partial charge in [-0.2, -0.15) is 0 Å². The minimum atomic E-state index is -0.369. The average molecular weight is 348 g/mol. The van der Waals surface area contributed by atoms with Gasteiger partial charge in [0.1, 0.15) is 0 Å². The molecule has 0 heterocycles. The molecule has 0 radical (unpaired) electrons. The fourth-order valence-corrected chi connectivity index (χ4v) is 3.17. The molecule has 2 rings (SSSR count). The zero-order valence-electron chi connectivity index (χ0n) is 16.1. The smallest absolute Gasteiger partial charge is 0.309 e. The van der Waals surface area contributed by atoms with Gasteiger partial charge >= 0.3 is 11.9 Å². The van der Waals surface area contributed by atoms with Crippen LogP contribution in [0.15, 0.2) is 23.3 Å². The van der Waals surface area contributed by atoms with Gasteiger partial charge in [-0.25, -0.2) is 0 Å². The van der Waals surface area contributed by atoms with E-state index in [1.54, 1.807) is 0 Å². The molecule has 0 N–H and O–H groups in total. The third kappa shape index (κ3) is 6.33. The molecule has 0 amide bonds. The Balaban J connectivity index is 1.72. The normalized spacial score (nSPS) is 24.2. The van der Waals surface area contributed by atoms with E-state index in [1.807, 2.05) is 13.8 Å². The summed E-state index contributed by atoms with van der Waals surface area (Å²) in [6, 6.07) is 0. The van der Waals surface area contributed by atoms with Crippen LogP contribution in [0, 0.1) is 17.3 Å². The van der Waals surface area contributed by atoms with Crippen molar-refractivity contribution in [3.63, 3.8) is 0 Å². The summed E-state index contributed by atoms with van der Waals surface area (Å²) in [7, 11) is 0. The van der Waals surface area contributed by atoms with Gasteiger partial charge in [-0.15, -0.1) is 0 Å². The Kier molecular flexibility index (Phi) is 6.86. The molecule has 0 aromatic carbocycles. The number of hydrogen-bond acceptors (Lipinski definition) is 4. The van der Waals surface area contributed by atoms with Crippen molar-refractivity contribution < 1.29 is 19.1 Å². The molecule has 140 valence electrons. The largest absolute Gasteiger partial charge is 0.465 e. The Hall–Kier alpha value is -1.58. The SMILES string of the molecule is CC1=CCC(C(=O)OCC(C)(C)COC(=O)C2CC=C(C)CC2)CC1. The minimum absolute atomic E-state index is 0.0284. The van der Waals surface area contributed by atoms with Gasteiger partial charge in [-0.3, -0.25) is 9.59 Å². The predicted octanol–water partition coefficient (Wildman–Crippen LogP) is 4.59. The molecule has 0 saturated heterocycles. The maximum Gasteiger partial charge on any atom is 0.309 e. The van der Waals surface area contributed by atoms with Gasteiger partial charge in [0.2, 0.25) is 0 Å². The topological polar surface area (TPSA) is 52.6 Å². The maximum atomic E-state index is 12.2. The van der Waals surface area contributed by atoms with Gasteiger partial charge in [-0.05, 0) is 52.4 Å². The summed E-state index contributed by atoms with van der Waals surface area (Å²) < 4.78 is 11.0. The lowest BCUT2D eigenvalue weighted by molar-refractivity contribution is -0.158. The Morgan fingerprint density at radius 1 is 0.920 bits per heavy atom. The van der Waals surface area contributed by atoms with Crippen molar-refractivity contribution in [3.8, 4) is 0 Å². The van der Waals surface area contributed by atoms with Crippen molar-refractivity contribution in [2.45, 2.75) is 66.2 Å². The summed E-state index contributed by atoms with van der Waals surface area (Å²) in [5.41, 5.74) is 2.33. The minimum Gasteiger partial charge on any atom is -0.465 e. The first kappa shape index (κ1) is 19.7. The summed E-state index contributed by atoms with van der Waals surface area (Å²) in [5.74, 6) is -0.314. The molecule has 0 spiro atoms. The fourth-order valence-electron chi connectivity index (χ4n) is 3.17. The zero-order valence-corrected chi connectivity index (χ0v) is 16.1.